The average molecular weight is 364 g/mol. The molecule has 106 valence electrons. The molecule has 1 aliphatic rings. The zero-order valence-electron chi connectivity index (χ0n) is 11.3. The van der Waals surface area contributed by atoms with Gasteiger partial charge in [0, 0.05) is 22.5 Å². The summed E-state index contributed by atoms with van der Waals surface area (Å²) in [7, 11) is 0. The summed E-state index contributed by atoms with van der Waals surface area (Å²) in [5, 5.41) is 4.36. The maximum absolute atomic E-state index is 6.06. The second-order valence-electron chi connectivity index (χ2n) is 6.07. The van der Waals surface area contributed by atoms with E-state index in [4.69, 9.17) is 17.3 Å². The molecule has 0 bridgehead atoms. The zero-order valence-corrected chi connectivity index (χ0v) is 14.5. The van der Waals surface area contributed by atoms with E-state index in [1.165, 1.54) is 5.75 Å². The van der Waals surface area contributed by atoms with Gasteiger partial charge in [0.25, 0.3) is 0 Å². The molecule has 19 heavy (non-hydrogen) atoms. The van der Waals surface area contributed by atoms with Gasteiger partial charge in [0.1, 0.15) is 0 Å². The van der Waals surface area contributed by atoms with Gasteiger partial charge in [0.2, 0.25) is 0 Å². The topological polar surface area (TPSA) is 38.0 Å². The largest absolute Gasteiger partial charge is 0.377 e. The first-order chi connectivity index (χ1) is 8.86. The molecule has 0 aromatic heterocycles. The third-order valence-electron chi connectivity index (χ3n) is 3.41. The van der Waals surface area contributed by atoms with Gasteiger partial charge in [0.15, 0.2) is 0 Å². The normalized spacial score (nSPS) is 26.2. The number of anilines is 1. The SMILES string of the molecule is CC1(C)CSCC(CN)(Nc2ccc(Cl)c(Br)c2)C1. The fraction of sp³-hybridized carbons (Fsp3) is 0.571. The molecular weight excluding hydrogens is 344 g/mol. The predicted octanol–water partition coefficient (Wildman–Crippen LogP) is 4.38. The van der Waals surface area contributed by atoms with Crippen LogP contribution in [0.1, 0.15) is 20.3 Å². The first-order valence-corrected chi connectivity index (χ1v) is 8.70. The van der Waals surface area contributed by atoms with Crippen LogP contribution in [0, 0.1) is 5.41 Å². The van der Waals surface area contributed by atoms with Gasteiger partial charge in [-0.1, -0.05) is 25.4 Å². The molecule has 2 rings (SSSR count). The van der Waals surface area contributed by atoms with Gasteiger partial charge < -0.3 is 11.1 Å². The number of nitrogens with two attached hydrogens (primary N) is 1. The maximum atomic E-state index is 6.06. The fourth-order valence-corrected chi connectivity index (χ4v) is 4.62. The number of nitrogens with one attached hydrogen (secondary N) is 1. The van der Waals surface area contributed by atoms with Crippen LogP contribution in [-0.4, -0.2) is 23.6 Å². The highest BCUT2D eigenvalue weighted by atomic mass is 79.9. The van der Waals surface area contributed by atoms with E-state index in [-0.39, 0.29) is 5.54 Å². The lowest BCUT2D eigenvalue weighted by molar-refractivity contribution is 0.290. The molecule has 1 fully saturated rings. The molecule has 1 aromatic rings. The molecule has 1 aliphatic heterocycles. The number of hydrogen-bond donors (Lipinski definition) is 2. The van der Waals surface area contributed by atoms with Crippen molar-refractivity contribution in [3.05, 3.63) is 27.7 Å². The highest BCUT2D eigenvalue weighted by Crippen LogP contribution is 2.40. The molecule has 5 heteroatoms. The van der Waals surface area contributed by atoms with Gasteiger partial charge in [-0.15, -0.1) is 0 Å². The monoisotopic (exact) mass is 362 g/mol. The van der Waals surface area contributed by atoms with E-state index in [2.05, 4.69) is 35.1 Å². The average Bonchev–Trinajstić information content (AvgIpc) is 2.33. The van der Waals surface area contributed by atoms with Crippen LogP contribution in [0.25, 0.3) is 0 Å². The van der Waals surface area contributed by atoms with Crippen molar-refractivity contribution in [3.63, 3.8) is 0 Å². The molecule has 2 nitrogen and oxygen atoms in total. The van der Waals surface area contributed by atoms with Gasteiger partial charge in [-0.05, 0) is 51.7 Å². The van der Waals surface area contributed by atoms with E-state index in [1.54, 1.807) is 0 Å². The quantitative estimate of drug-likeness (QED) is 0.837. The first kappa shape index (κ1) is 15.5. The first-order valence-electron chi connectivity index (χ1n) is 6.37. The van der Waals surface area contributed by atoms with Crippen LogP contribution in [0.3, 0.4) is 0 Å². The van der Waals surface area contributed by atoms with E-state index >= 15 is 0 Å². The van der Waals surface area contributed by atoms with E-state index in [0.717, 1.165) is 27.4 Å². The van der Waals surface area contributed by atoms with Crippen LogP contribution in [0.4, 0.5) is 5.69 Å². The lowest BCUT2D eigenvalue weighted by atomic mass is 9.79. The van der Waals surface area contributed by atoms with Crippen molar-refractivity contribution in [1.82, 2.24) is 0 Å². The Morgan fingerprint density at radius 2 is 2.16 bits per heavy atom. The second kappa shape index (κ2) is 5.84. The minimum atomic E-state index is -0.0281. The Balaban J connectivity index is 2.20. The second-order valence-corrected chi connectivity index (χ2v) is 8.32. The van der Waals surface area contributed by atoms with Crippen molar-refractivity contribution < 1.29 is 0 Å². The van der Waals surface area contributed by atoms with Crippen molar-refractivity contribution in [2.24, 2.45) is 11.1 Å². The summed E-state index contributed by atoms with van der Waals surface area (Å²) in [6.07, 6.45) is 1.09. The highest BCUT2D eigenvalue weighted by molar-refractivity contribution is 9.10. The molecule has 0 saturated carbocycles. The minimum absolute atomic E-state index is 0.0281. The van der Waals surface area contributed by atoms with E-state index in [0.29, 0.717) is 12.0 Å². The van der Waals surface area contributed by atoms with Gasteiger partial charge in [-0.2, -0.15) is 11.8 Å². The van der Waals surface area contributed by atoms with Crippen molar-refractivity contribution in [1.29, 1.82) is 0 Å². The summed E-state index contributed by atoms with van der Waals surface area (Å²) >= 11 is 11.5. The van der Waals surface area contributed by atoms with E-state index in [1.807, 2.05) is 30.0 Å². The summed E-state index contributed by atoms with van der Waals surface area (Å²) in [5.74, 6) is 2.24. The molecule has 0 spiro atoms. The van der Waals surface area contributed by atoms with Crippen molar-refractivity contribution in [3.8, 4) is 0 Å². The number of rotatable bonds is 3. The fourth-order valence-electron chi connectivity index (χ4n) is 2.68. The summed E-state index contributed by atoms with van der Waals surface area (Å²) in [4.78, 5) is 0. The highest BCUT2D eigenvalue weighted by Gasteiger charge is 2.39. The van der Waals surface area contributed by atoms with Gasteiger partial charge in [0.05, 0.1) is 10.6 Å². The zero-order chi connectivity index (χ0) is 14.1. The molecule has 0 aliphatic carbocycles. The van der Waals surface area contributed by atoms with Crippen molar-refractivity contribution in [2.75, 3.05) is 23.4 Å². The lowest BCUT2D eigenvalue weighted by Crippen LogP contribution is -2.53. The predicted molar refractivity (Wildman–Crippen MR) is 90.3 cm³/mol. The summed E-state index contributed by atoms with van der Waals surface area (Å²) in [5.41, 5.74) is 7.42. The van der Waals surface area contributed by atoms with Crippen LogP contribution in [0.15, 0.2) is 22.7 Å². The molecule has 0 radical (unpaired) electrons. The minimum Gasteiger partial charge on any atom is -0.377 e. The Bertz CT molecular complexity index is 467. The standard InChI is InChI=1S/C14H20BrClN2S/c1-13(2)6-14(7-17,9-19-8-13)18-10-3-4-12(16)11(15)5-10/h3-5,18H,6-9,17H2,1-2H3. The Kier molecular flexibility index (Phi) is 4.76. The van der Waals surface area contributed by atoms with Crippen molar-refractivity contribution >= 4 is 45.0 Å². The molecule has 1 atom stereocenters. The smallest absolute Gasteiger partial charge is 0.0591 e. The summed E-state index contributed by atoms with van der Waals surface area (Å²) in [6.45, 7) is 5.26. The Hall–Kier alpha value is 0.1000. The van der Waals surface area contributed by atoms with Crippen LogP contribution in [-0.2, 0) is 0 Å². The molecule has 1 saturated heterocycles. The summed E-state index contributed by atoms with van der Waals surface area (Å²) in [6, 6.07) is 5.93. The number of thioether (sulfide) groups is 1. The molecule has 1 heterocycles. The van der Waals surface area contributed by atoms with Crippen LogP contribution >= 0.6 is 39.3 Å². The van der Waals surface area contributed by atoms with Crippen molar-refractivity contribution in [2.45, 2.75) is 25.8 Å². The number of benzene rings is 1. The summed E-state index contributed by atoms with van der Waals surface area (Å²) < 4.78 is 0.911. The Labute approximate surface area is 133 Å². The lowest BCUT2D eigenvalue weighted by Gasteiger charge is -2.45. The van der Waals surface area contributed by atoms with Crippen LogP contribution < -0.4 is 11.1 Å². The molecule has 1 unspecified atom stereocenters. The molecule has 0 amide bonds. The molecule has 3 N–H and O–H groups in total. The maximum Gasteiger partial charge on any atom is 0.0591 e. The number of hydrogen-bond acceptors (Lipinski definition) is 3. The molecular formula is C14H20BrClN2S. The van der Waals surface area contributed by atoms with Crippen LogP contribution in [0.2, 0.25) is 5.02 Å². The molecule has 1 aromatic carbocycles. The Morgan fingerprint density at radius 3 is 2.74 bits per heavy atom. The third-order valence-corrected chi connectivity index (χ3v) is 6.36. The Morgan fingerprint density at radius 1 is 1.42 bits per heavy atom. The van der Waals surface area contributed by atoms with E-state index < -0.39 is 0 Å². The van der Waals surface area contributed by atoms with E-state index in [9.17, 15) is 0 Å². The third kappa shape index (κ3) is 3.81. The van der Waals surface area contributed by atoms with Gasteiger partial charge in [-0.25, -0.2) is 0 Å². The van der Waals surface area contributed by atoms with Crippen LogP contribution in [0.5, 0.6) is 0 Å². The van der Waals surface area contributed by atoms with Gasteiger partial charge in [-0.3, -0.25) is 0 Å². The number of halogens is 2. The van der Waals surface area contributed by atoms with Gasteiger partial charge >= 0.3 is 0 Å².